The molecule has 1 N–H and O–H groups in total. The summed E-state index contributed by atoms with van der Waals surface area (Å²) in [5.74, 6) is -0.542. The first kappa shape index (κ1) is 14.4. The summed E-state index contributed by atoms with van der Waals surface area (Å²) >= 11 is 0. The van der Waals surface area contributed by atoms with Crippen LogP contribution in [0.25, 0.3) is 0 Å². The van der Waals surface area contributed by atoms with Crippen molar-refractivity contribution in [2.24, 2.45) is 0 Å². The predicted molar refractivity (Wildman–Crippen MR) is 68.9 cm³/mol. The summed E-state index contributed by atoms with van der Waals surface area (Å²) < 4.78 is 11.9. The molecule has 0 amide bonds. The number of aryl methyl sites for hydroxylation is 1. The van der Waals surface area contributed by atoms with Crippen LogP contribution in [0.15, 0.2) is 23.1 Å². The van der Waals surface area contributed by atoms with E-state index in [0.717, 1.165) is 6.42 Å². The zero-order valence-electron chi connectivity index (χ0n) is 10.2. The number of carbonyl (C=O) groups is 1. The maximum Gasteiger partial charge on any atom is 0.335 e. The number of carboxylic acids is 1. The number of aromatic carboxylic acids is 1. The van der Waals surface area contributed by atoms with E-state index in [0.29, 0.717) is 29.1 Å². The molecule has 0 radical (unpaired) electrons. The summed E-state index contributed by atoms with van der Waals surface area (Å²) in [7, 11) is -1.19. The Morgan fingerprint density at radius 2 is 2.17 bits per heavy atom. The van der Waals surface area contributed by atoms with Gasteiger partial charge in [0.25, 0.3) is 0 Å². The lowest BCUT2D eigenvalue weighted by molar-refractivity contribution is 0.0696. The second-order valence-corrected chi connectivity index (χ2v) is 5.52. The van der Waals surface area contributed by atoms with Gasteiger partial charge in [0.2, 0.25) is 0 Å². The highest BCUT2D eigenvalue weighted by atomic mass is 32.2. The van der Waals surface area contributed by atoms with E-state index in [-0.39, 0.29) is 5.56 Å². The highest BCUT2D eigenvalue weighted by molar-refractivity contribution is 7.85. The molecule has 96 valence electrons. The first-order valence-corrected chi connectivity index (χ1v) is 6.97. The fraction of sp³-hybridized carbons (Fsp3) is 0.385. The van der Waals surface area contributed by atoms with Gasteiger partial charge in [0.15, 0.2) is 0 Å². The van der Waals surface area contributed by atoms with Crippen LogP contribution in [0.1, 0.15) is 35.2 Å². The van der Waals surface area contributed by atoms with E-state index in [2.05, 4.69) is 0 Å². The molecular weight excluding hydrogens is 250 g/mol. The van der Waals surface area contributed by atoms with E-state index < -0.39 is 16.8 Å². The maximum absolute atomic E-state index is 11.9. The molecule has 1 aromatic carbocycles. The van der Waals surface area contributed by atoms with Gasteiger partial charge in [0, 0.05) is 17.1 Å². The van der Waals surface area contributed by atoms with Gasteiger partial charge in [-0.3, -0.25) is 4.21 Å². The van der Waals surface area contributed by atoms with Crippen LogP contribution in [0, 0.1) is 18.3 Å². The van der Waals surface area contributed by atoms with Crippen LogP contribution in [0.5, 0.6) is 0 Å². The van der Waals surface area contributed by atoms with Crippen molar-refractivity contribution in [1.82, 2.24) is 0 Å². The molecule has 0 aliphatic rings. The zero-order valence-corrected chi connectivity index (χ0v) is 11.0. The molecule has 1 unspecified atom stereocenters. The Balaban J connectivity index is 2.72. The van der Waals surface area contributed by atoms with Crippen molar-refractivity contribution in [1.29, 1.82) is 5.26 Å². The molecule has 18 heavy (non-hydrogen) atoms. The number of nitriles is 1. The van der Waals surface area contributed by atoms with E-state index in [9.17, 15) is 9.00 Å². The molecule has 1 atom stereocenters. The minimum atomic E-state index is -1.19. The van der Waals surface area contributed by atoms with Crippen molar-refractivity contribution < 1.29 is 14.1 Å². The average Bonchev–Trinajstić information content (AvgIpc) is 2.34. The predicted octanol–water partition coefficient (Wildman–Crippen LogP) is 2.49. The van der Waals surface area contributed by atoms with Gasteiger partial charge in [-0.1, -0.05) is 6.07 Å². The average molecular weight is 265 g/mol. The van der Waals surface area contributed by atoms with Crippen molar-refractivity contribution in [2.45, 2.75) is 31.1 Å². The molecule has 5 heteroatoms. The van der Waals surface area contributed by atoms with Crippen LogP contribution in [0.4, 0.5) is 0 Å². The molecule has 0 heterocycles. The minimum absolute atomic E-state index is 0.192. The summed E-state index contributed by atoms with van der Waals surface area (Å²) in [6.07, 6.45) is 1.89. The first-order chi connectivity index (χ1) is 8.56. The Kier molecular flexibility index (Phi) is 5.53. The Morgan fingerprint density at radius 1 is 1.44 bits per heavy atom. The molecule has 0 bridgehead atoms. The summed E-state index contributed by atoms with van der Waals surface area (Å²) in [6, 6.07) is 6.88. The number of benzene rings is 1. The Labute approximate surface area is 109 Å². The normalized spacial score (nSPS) is 11.8. The third kappa shape index (κ3) is 3.97. The van der Waals surface area contributed by atoms with Crippen LogP contribution < -0.4 is 0 Å². The lowest BCUT2D eigenvalue weighted by Crippen LogP contribution is -2.04. The minimum Gasteiger partial charge on any atom is -0.478 e. The second kappa shape index (κ2) is 6.92. The van der Waals surface area contributed by atoms with Crippen LogP contribution in [0.2, 0.25) is 0 Å². The third-order valence-corrected chi connectivity index (χ3v) is 4.01. The number of carboxylic acid groups (broad SMARTS) is 1. The number of nitrogens with zero attached hydrogens (tertiary/aromatic N) is 1. The molecule has 0 saturated carbocycles. The SMILES string of the molecule is Cc1ccc(S(=O)CCCCC#N)cc1C(=O)O. The van der Waals surface area contributed by atoms with Gasteiger partial charge in [-0.15, -0.1) is 0 Å². The number of hydrogen-bond acceptors (Lipinski definition) is 3. The summed E-state index contributed by atoms with van der Waals surface area (Å²) in [5, 5.41) is 17.4. The molecule has 0 saturated heterocycles. The molecule has 0 aliphatic heterocycles. The van der Waals surface area contributed by atoms with Gasteiger partial charge < -0.3 is 5.11 Å². The van der Waals surface area contributed by atoms with E-state index in [1.165, 1.54) is 6.07 Å². The van der Waals surface area contributed by atoms with Gasteiger partial charge in [-0.25, -0.2) is 4.79 Å². The summed E-state index contributed by atoms with van der Waals surface area (Å²) in [6.45, 7) is 1.71. The number of hydrogen-bond donors (Lipinski definition) is 1. The lowest BCUT2D eigenvalue weighted by Gasteiger charge is -2.05. The van der Waals surface area contributed by atoms with Gasteiger partial charge in [0.05, 0.1) is 22.4 Å². The topological polar surface area (TPSA) is 78.2 Å². The van der Waals surface area contributed by atoms with Crippen LogP contribution in [0.3, 0.4) is 0 Å². The largest absolute Gasteiger partial charge is 0.478 e. The van der Waals surface area contributed by atoms with Gasteiger partial charge in [0.1, 0.15) is 0 Å². The quantitative estimate of drug-likeness (QED) is 0.801. The van der Waals surface area contributed by atoms with Crippen molar-refractivity contribution in [3.63, 3.8) is 0 Å². The highest BCUT2D eigenvalue weighted by Gasteiger charge is 2.11. The van der Waals surface area contributed by atoms with Gasteiger partial charge in [-0.05, 0) is 37.5 Å². The Morgan fingerprint density at radius 3 is 2.78 bits per heavy atom. The van der Waals surface area contributed by atoms with Crippen LogP contribution >= 0.6 is 0 Å². The van der Waals surface area contributed by atoms with E-state index in [1.54, 1.807) is 19.1 Å². The van der Waals surface area contributed by atoms with Crippen molar-refractivity contribution >= 4 is 16.8 Å². The Bertz CT molecular complexity index is 505. The summed E-state index contributed by atoms with van der Waals surface area (Å²) in [4.78, 5) is 11.5. The Hall–Kier alpha value is -1.67. The van der Waals surface area contributed by atoms with Crippen molar-refractivity contribution in [2.75, 3.05) is 5.75 Å². The van der Waals surface area contributed by atoms with Crippen molar-refractivity contribution in [3.05, 3.63) is 29.3 Å². The molecule has 1 aromatic rings. The van der Waals surface area contributed by atoms with E-state index in [1.807, 2.05) is 6.07 Å². The molecule has 0 aliphatic carbocycles. The molecule has 1 rings (SSSR count). The molecule has 0 spiro atoms. The van der Waals surface area contributed by atoms with Gasteiger partial charge >= 0.3 is 5.97 Å². The van der Waals surface area contributed by atoms with Crippen molar-refractivity contribution in [3.8, 4) is 6.07 Å². The van der Waals surface area contributed by atoms with Crippen LogP contribution in [-0.2, 0) is 10.8 Å². The number of unbranched alkanes of at least 4 members (excludes halogenated alkanes) is 2. The molecule has 0 fully saturated rings. The van der Waals surface area contributed by atoms with E-state index in [4.69, 9.17) is 10.4 Å². The lowest BCUT2D eigenvalue weighted by atomic mass is 10.1. The van der Waals surface area contributed by atoms with E-state index >= 15 is 0 Å². The monoisotopic (exact) mass is 265 g/mol. The molecule has 4 nitrogen and oxygen atoms in total. The third-order valence-electron chi connectivity index (χ3n) is 2.57. The van der Waals surface area contributed by atoms with Crippen LogP contribution in [-0.4, -0.2) is 21.0 Å². The fourth-order valence-corrected chi connectivity index (χ4v) is 2.70. The highest BCUT2D eigenvalue weighted by Crippen LogP contribution is 2.15. The second-order valence-electron chi connectivity index (χ2n) is 3.95. The first-order valence-electron chi connectivity index (χ1n) is 5.65. The molecular formula is C13H15NO3S. The fourth-order valence-electron chi connectivity index (χ4n) is 1.53. The van der Waals surface area contributed by atoms with Gasteiger partial charge in [-0.2, -0.15) is 5.26 Å². The molecule has 0 aromatic heterocycles. The summed E-state index contributed by atoms with van der Waals surface area (Å²) in [5.41, 5.74) is 0.852. The zero-order chi connectivity index (χ0) is 13.5. The number of rotatable bonds is 6. The standard InChI is InChI=1S/C13H15NO3S/c1-10-5-6-11(9-12(10)13(15)16)18(17)8-4-2-3-7-14/h5-6,9H,2-4,8H2,1H3,(H,15,16). The maximum atomic E-state index is 11.9. The smallest absolute Gasteiger partial charge is 0.335 e.